The predicted octanol–water partition coefficient (Wildman–Crippen LogP) is 11.4. The SMILES string of the molecule is c1ccc(N(c2ccccc2)c2cc3cc(-c4cccc5ccccc45)c4ccccc4c3c3ccccc23)cc1. The van der Waals surface area contributed by atoms with Crippen LogP contribution >= 0.6 is 0 Å². The normalized spacial score (nSPS) is 11.4. The third-order valence-corrected chi connectivity index (χ3v) is 8.19. The minimum Gasteiger partial charge on any atom is -0.310 e. The highest BCUT2D eigenvalue weighted by Crippen LogP contribution is 2.45. The van der Waals surface area contributed by atoms with Crippen LogP contribution < -0.4 is 4.90 Å². The van der Waals surface area contributed by atoms with Crippen LogP contribution in [0.25, 0.3) is 54.2 Å². The molecule has 0 aliphatic rings. The molecule has 0 saturated heterocycles. The first-order chi connectivity index (χ1) is 20.4. The lowest BCUT2D eigenvalue weighted by atomic mass is 9.88. The van der Waals surface area contributed by atoms with Crippen LogP contribution in [0.3, 0.4) is 0 Å². The molecule has 1 nitrogen and oxygen atoms in total. The third-order valence-electron chi connectivity index (χ3n) is 8.19. The number of benzene rings is 8. The average molecular weight is 522 g/mol. The van der Waals surface area contributed by atoms with Crippen LogP contribution in [0.5, 0.6) is 0 Å². The van der Waals surface area contributed by atoms with E-state index in [0.717, 1.165) is 11.4 Å². The zero-order valence-corrected chi connectivity index (χ0v) is 22.5. The summed E-state index contributed by atoms with van der Waals surface area (Å²) >= 11 is 0. The second-order valence-electron chi connectivity index (χ2n) is 10.5. The molecule has 0 amide bonds. The highest BCUT2D eigenvalue weighted by molar-refractivity contribution is 6.26. The van der Waals surface area contributed by atoms with Gasteiger partial charge in [-0.25, -0.2) is 0 Å². The van der Waals surface area contributed by atoms with E-state index in [2.05, 4.69) is 169 Å². The van der Waals surface area contributed by atoms with Gasteiger partial charge < -0.3 is 4.90 Å². The maximum Gasteiger partial charge on any atom is 0.0546 e. The Balaban J connectivity index is 1.51. The number of para-hydroxylation sites is 2. The van der Waals surface area contributed by atoms with Crippen LogP contribution in [0.2, 0.25) is 0 Å². The Morgan fingerprint density at radius 1 is 0.317 bits per heavy atom. The Labute approximate surface area is 239 Å². The molecule has 0 atom stereocenters. The molecule has 0 aliphatic carbocycles. The van der Waals surface area contributed by atoms with E-state index in [0.29, 0.717) is 0 Å². The summed E-state index contributed by atoms with van der Waals surface area (Å²) in [6, 6.07) is 59.2. The van der Waals surface area contributed by atoms with Crippen molar-refractivity contribution in [1.29, 1.82) is 0 Å². The van der Waals surface area contributed by atoms with Crippen LogP contribution in [-0.4, -0.2) is 0 Å². The lowest BCUT2D eigenvalue weighted by Gasteiger charge is -2.28. The van der Waals surface area contributed by atoms with Crippen molar-refractivity contribution < 1.29 is 0 Å². The van der Waals surface area contributed by atoms with Crippen LogP contribution in [0, 0.1) is 0 Å². The van der Waals surface area contributed by atoms with E-state index in [1.807, 2.05) is 0 Å². The van der Waals surface area contributed by atoms with E-state index < -0.39 is 0 Å². The van der Waals surface area contributed by atoms with Crippen molar-refractivity contribution in [3.63, 3.8) is 0 Å². The molecule has 0 spiro atoms. The number of fused-ring (bicyclic) bond motifs is 6. The van der Waals surface area contributed by atoms with Crippen LogP contribution in [0.4, 0.5) is 17.1 Å². The maximum atomic E-state index is 2.41. The summed E-state index contributed by atoms with van der Waals surface area (Å²) in [7, 11) is 0. The van der Waals surface area contributed by atoms with Crippen molar-refractivity contribution >= 4 is 60.2 Å². The molecule has 8 rings (SSSR count). The summed E-state index contributed by atoms with van der Waals surface area (Å²) in [4.78, 5) is 2.38. The standard InChI is InChI=1S/C40H27N/c1-3-16-30(17-4-1)41(31-18-5-2-6-19-31)39-27-29-26-38(33-25-13-15-28-14-7-8-20-32(28)33)34-21-9-11-23-36(34)40(29)37-24-12-10-22-35(37)39/h1-27H. The molecule has 41 heavy (non-hydrogen) atoms. The van der Waals surface area contributed by atoms with Crippen LogP contribution in [0.15, 0.2) is 164 Å². The van der Waals surface area contributed by atoms with Gasteiger partial charge in [0.1, 0.15) is 0 Å². The second-order valence-corrected chi connectivity index (χ2v) is 10.5. The number of nitrogens with zero attached hydrogens (tertiary/aromatic N) is 1. The van der Waals surface area contributed by atoms with Crippen molar-refractivity contribution in [2.45, 2.75) is 0 Å². The summed E-state index contributed by atoms with van der Waals surface area (Å²) in [6.07, 6.45) is 0. The summed E-state index contributed by atoms with van der Waals surface area (Å²) in [6.45, 7) is 0. The lowest BCUT2D eigenvalue weighted by Crippen LogP contribution is -2.10. The van der Waals surface area contributed by atoms with Crippen molar-refractivity contribution in [3.05, 3.63) is 164 Å². The lowest BCUT2D eigenvalue weighted by molar-refractivity contribution is 1.30. The third kappa shape index (κ3) is 3.86. The van der Waals surface area contributed by atoms with Gasteiger partial charge in [0.05, 0.1) is 5.69 Å². The highest BCUT2D eigenvalue weighted by Gasteiger charge is 2.19. The molecule has 8 aromatic rings. The van der Waals surface area contributed by atoms with Gasteiger partial charge in [-0.3, -0.25) is 0 Å². The molecular weight excluding hydrogens is 494 g/mol. The van der Waals surface area contributed by atoms with Crippen LogP contribution in [0.1, 0.15) is 0 Å². The minimum absolute atomic E-state index is 1.14. The van der Waals surface area contributed by atoms with E-state index in [1.54, 1.807) is 0 Å². The summed E-state index contributed by atoms with van der Waals surface area (Å²) in [5.74, 6) is 0. The second kappa shape index (κ2) is 9.66. The molecule has 0 fully saturated rings. The van der Waals surface area contributed by atoms with Crippen molar-refractivity contribution in [1.82, 2.24) is 0 Å². The van der Waals surface area contributed by atoms with Gasteiger partial charge in [0.2, 0.25) is 0 Å². The van der Waals surface area contributed by atoms with Gasteiger partial charge in [-0.15, -0.1) is 0 Å². The van der Waals surface area contributed by atoms with Gasteiger partial charge in [-0.2, -0.15) is 0 Å². The molecule has 192 valence electrons. The maximum absolute atomic E-state index is 2.41. The average Bonchev–Trinajstić information content (AvgIpc) is 3.05. The Bertz CT molecular complexity index is 2150. The molecule has 0 N–H and O–H groups in total. The summed E-state index contributed by atoms with van der Waals surface area (Å²) in [5, 5.41) is 10.1. The molecule has 0 radical (unpaired) electrons. The van der Waals surface area contributed by atoms with Crippen LogP contribution in [-0.2, 0) is 0 Å². The first-order valence-corrected chi connectivity index (χ1v) is 14.1. The van der Waals surface area contributed by atoms with Gasteiger partial charge in [0.25, 0.3) is 0 Å². The van der Waals surface area contributed by atoms with E-state index in [1.165, 1.54) is 59.9 Å². The summed E-state index contributed by atoms with van der Waals surface area (Å²) in [5.41, 5.74) is 5.97. The number of rotatable bonds is 4. The number of anilines is 3. The Kier molecular flexibility index (Phi) is 5.53. The molecule has 0 aromatic heterocycles. The minimum atomic E-state index is 1.14. The van der Waals surface area contributed by atoms with Gasteiger partial charge in [0.15, 0.2) is 0 Å². The van der Waals surface area contributed by atoms with Crippen molar-refractivity contribution in [2.75, 3.05) is 4.90 Å². The molecule has 0 bridgehead atoms. The largest absolute Gasteiger partial charge is 0.310 e. The fourth-order valence-corrected chi connectivity index (χ4v) is 6.41. The van der Waals surface area contributed by atoms with Gasteiger partial charge >= 0.3 is 0 Å². The molecule has 0 saturated carbocycles. The smallest absolute Gasteiger partial charge is 0.0546 e. The van der Waals surface area contributed by atoms with E-state index in [-0.39, 0.29) is 0 Å². The monoisotopic (exact) mass is 521 g/mol. The fraction of sp³-hybridized carbons (Fsp3) is 0. The van der Waals surface area contributed by atoms with E-state index in [9.17, 15) is 0 Å². The number of hydrogen-bond donors (Lipinski definition) is 0. The van der Waals surface area contributed by atoms with E-state index in [4.69, 9.17) is 0 Å². The number of hydrogen-bond acceptors (Lipinski definition) is 1. The highest BCUT2D eigenvalue weighted by atomic mass is 15.1. The fourth-order valence-electron chi connectivity index (χ4n) is 6.41. The predicted molar refractivity (Wildman–Crippen MR) is 177 cm³/mol. The van der Waals surface area contributed by atoms with Gasteiger partial charge in [-0.1, -0.05) is 127 Å². The van der Waals surface area contributed by atoms with Crippen molar-refractivity contribution in [2.24, 2.45) is 0 Å². The molecule has 1 heteroatoms. The summed E-state index contributed by atoms with van der Waals surface area (Å²) < 4.78 is 0. The Hall–Kier alpha value is -5.40. The topological polar surface area (TPSA) is 3.24 Å². The Morgan fingerprint density at radius 2 is 0.829 bits per heavy atom. The quantitative estimate of drug-likeness (QED) is 0.208. The first kappa shape index (κ1) is 23.5. The first-order valence-electron chi connectivity index (χ1n) is 14.1. The zero-order valence-electron chi connectivity index (χ0n) is 22.5. The van der Waals surface area contributed by atoms with Gasteiger partial charge in [-0.05, 0) is 85.2 Å². The zero-order chi connectivity index (χ0) is 27.2. The molecular formula is C40H27N. The van der Waals surface area contributed by atoms with Gasteiger partial charge in [0, 0.05) is 16.8 Å². The molecule has 0 unspecified atom stereocenters. The van der Waals surface area contributed by atoms with Crippen molar-refractivity contribution in [3.8, 4) is 11.1 Å². The molecule has 8 aromatic carbocycles. The molecule has 0 heterocycles. The Morgan fingerprint density at radius 3 is 1.51 bits per heavy atom. The van der Waals surface area contributed by atoms with E-state index >= 15 is 0 Å². The molecule has 0 aliphatic heterocycles.